The summed E-state index contributed by atoms with van der Waals surface area (Å²) in [5.41, 5.74) is 4.81. The first-order valence-electron chi connectivity index (χ1n) is 5.84. The van der Waals surface area contributed by atoms with Gasteiger partial charge in [-0.3, -0.25) is 11.3 Å². The molecule has 0 saturated carbocycles. The Morgan fingerprint density at radius 1 is 1.53 bits per heavy atom. The number of rotatable bonds is 5. The Balaban J connectivity index is 2.26. The first kappa shape index (κ1) is 14.3. The quantitative estimate of drug-likeness (QED) is 0.658. The molecule has 0 saturated heterocycles. The highest BCUT2D eigenvalue weighted by Crippen LogP contribution is 2.30. The van der Waals surface area contributed by atoms with Crippen LogP contribution in [0.4, 0.5) is 0 Å². The average Bonchev–Trinajstić information content (AvgIpc) is 2.81. The van der Waals surface area contributed by atoms with Crippen molar-refractivity contribution in [1.82, 2.24) is 10.4 Å². The van der Waals surface area contributed by atoms with Gasteiger partial charge >= 0.3 is 0 Å². The van der Waals surface area contributed by atoms with Crippen molar-refractivity contribution in [2.45, 2.75) is 19.4 Å². The van der Waals surface area contributed by atoms with Crippen molar-refractivity contribution in [2.24, 2.45) is 5.84 Å². The maximum atomic E-state index is 5.97. The summed E-state index contributed by atoms with van der Waals surface area (Å²) in [5, 5.41) is 3.71. The molecule has 0 aliphatic heterocycles. The normalized spacial score (nSPS) is 12.4. The molecule has 19 heavy (non-hydrogen) atoms. The average molecular weight is 298 g/mol. The number of nitrogens with zero attached hydrogens (tertiary/aromatic N) is 1. The highest BCUT2D eigenvalue weighted by atomic mass is 35.5. The summed E-state index contributed by atoms with van der Waals surface area (Å²) < 4.78 is 5.35. The minimum atomic E-state index is -0.0576. The molecular weight excluding hydrogens is 282 g/mol. The molecule has 1 heterocycles. The van der Waals surface area contributed by atoms with Gasteiger partial charge in [0.2, 0.25) is 0 Å². The predicted octanol–water partition coefficient (Wildman–Crippen LogP) is 2.86. The molecule has 3 N–H and O–H groups in total. The Labute approximate surface area is 121 Å². The van der Waals surface area contributed by atoms with E-state index in [9.17, 15) is 0 Å². The van der Waals surface area contributed by atoms with Gasteiger partial charge in [0.05, 0.1) is 18.2 Å². The summed E-state index contributed by atoms with van der Waals surface area (Å²) in [6.07, 6.45) is 0.715. The lowest BCUT2D eigenvalue weighted by molar-refractivity contribution is 0.399. The maximum absolute atomic E-state index is 5.97. The van der Waals surface area contributed by atoms with Crippen molar-refractivity contribution in [3.63, 3.8) is 0 Å². The third-order valence-electron chi connectivity index (χ3n) is 2.82. The third-order valence-corrected chi connectivity index (χ3v) is 4.04. The Morgan fingerprint density at radius 3 is 2.89 bits per heavy atom. The van der Waals surface area contributed by atoms with Gasteiger partial charge in [-0.05, 0) is 19.1 Å². The molecule has 2 aromatic rings. The molecule has 102 valence electrons. The number of aryl methyl sites for hydroxylation is 1. The fraction of sp³-hybridized carbons (Fsp3) is 0.308. The van der Waals surface area contributed by atoms with E-state index in [4.69, 9.17) is 22.2 Å². The minimum Gasteiger partial charge on any atom is -0.496 e. The van der Waals surface area contributed by atoms with E-state index in [1.165, 1.54) is 0 Å². The van der Waals surface area contributed by atoms with Crippen molar-refractivity contribution in [3.05, 3.63) is 44.9 Å². The molecule has 1 atom stereocenters. The van der Waals surface area contributed by atoms with Gasteiger partial charge in [-0.1, -0.05) is 17.7 Å². The molecule has 6 heteroatoms. The highest BCUT2D eigenvalue weighted by molar-refractivity contribution is 7.09. The molecule has 1 unspecified atom stereocenters. The second-order valence-corrected chi connectivity index (χ2v) is 5.57. The van der Waals surface area contributed by atoms with Crippen LogP contribution >= 0.6 is 22.9 Å². The van der Waals surface area contributed by atoms with Gasteiger partial charge in [0.15, 0.2) is 0 Å². The van der Waals surface area contributed by atoms with Crippen molar-refractivity contribution in [1.29, 1.82) is 0 Å². The highest BCUT2D eigenvalue weighted by Gasteiger charge is 2.17. The van der Waals surface area contributed by atoms with E-state index in [0.717, 1.165) is 22.0 Å². The first-order valence-corrected chi connectivity index (χ1v) is 7.10. The summed E-state index contributed by atoms with van der Waals surface area (Å²) in [7, 11) is 1.62. The van der Waals surface area contributed by atoms with Crippen molar-refractivity contribution >= 4 is 22.9 Å². The van der Waals surface area contributed by atoms with E-state index < -0.39 is 0 Å². The molecule has 1 aromatic heterocycles. The number of nitrogens with one attached hydrogen (secondary N) is 1. The fourth-order valence-corrected chi connectivity index (χ4v) is 2.88. The van der Waals surface area contributed by atoms with Crippen LogP contribution in [-0.4, -0.2) is 12.1 Å². The summed E-state index contributed by atoms with van der Waals surface area (Å²) in [6, 6.07) is 5.48. The number of thiazole rings is 1. The lowest BCUT2D eigenvalue weighted by Gasteiger charge is -2.18. The van der Waals surface area contributed by atoms with Crippen molar-refractivity contribution in [3.8, 4) is 5.75 Å². The third kappa shape index (κ3) is 3.45. The molecule has 0 spiro atoms. The smallest absolute Gasteiger partial charge is 0.125 e. The largest absolute Gasteiger partial charge is 0.496 e. The number of hydrogen-bond donors (Lipinski definition) is 2. The van der Waals surface area contributed by atoms with Crippen LogP contribution in [0.3, 0.4) is 0 Å². The van der Waals surface area contributed by atoms with Gasteiger partial charge in [0.25, 0.3) is 0 Å². The molecule has 0 radical (unpaired) electrons. The lowest BCUT2D eigenvalue weighted by atomic mass is 10.0. The summed E-state index contributed by atoms with van der Waals surface area (Å²) in [6.45, 7) is 1.98. The Kier molecular flexibility index (Phi) is 4.76. The Bertz CT molecular complexity index is 559. The summed E-state index contributed by atoms with van der Waals surface area (Å²) in [5.74, 6) is 6.39. The van der Waals surface area contributed by atoms with E-state index in [1.807, 2.05) is 24.4 Å². The van der Waals surface area contributed by atoms with E-state index in [0.29, 0.717) is 11.4 Å². The topological polar surface area (TPSA) is 60.2 Å². The van der Waals surface area contributed by atoms with Crippen LogP contribution in [0.1, 0.15) is 22.3 Å². The van der Waals surface area contributed by atoms with Crippen molar-refractivity contribution in [2.75, 3.05) is 7.11 Å². The summed E-state index contributed by atoms with van der Waals surface area (Å²) in [4.78, 5) is 4.45. The van der Waals surface area contributed by atoms with E-state index in [-0.39, 0.29) is 6.04 Å². The van der Waals surface area contributed by atoms with E-state index in [1.54, 1.807) is 24.5 Å². The zero-order chi connectivity index (χ0) is 13.8. The number of hydrogen-bond acceptors (Lipinski definition) is 5. The minimum absolute atomic E-state index is 0.0576. The zero-order valence-corrected chi connectivity index (χ0v) is 12.4. The number of benzene rings is 1. The molecule has 4 nitrogen and oxygen atoms in total. The molecule has 0 bridgehead atoms. The molecular formula is C13H16ClN3OS. The van der Waals surface area contributed by atoms with Gasteiger partial charge in [0.1, 0.15) is 5.75 Å². The summed E-state index contributed by atoms with van der Waals surface area (Å²) >= 11 is 7.60. The lowest BCUT2D eigenvalue weighted by Crippen LogP contribution is -2.29. The van der Waals surface area contributed by atoms with Crippen LogP contribution in [-0.2, 0) is 6.42 Å². The number of ether oxygens (including phenoxy) is 1. The van der Waals surface area contributed by atoms with E-state index in [2.05, 4.69) is 10.4 Å². The van der Waals surface area contributed by atoms with Crippen LogP contribution < -0.4 is 16.0 Å². The maximum Gasteiger partial charge on any atom is 0.125 e. The van der Waals surface area contributed by atoms with Crippen molar-refractivity contribution < 1.29 is 4.74 Å². The second-order valence-electron chi connectivity index (χ2n) is 4.19. The number of hydrazine groups is 1. The molecule has 1 aromatic carbocycles. The molecule has 2 rings (SSSR count). The zero-order valence-electron chi connectivity index (χ0n) is 10.8. The van der Waals surface area contributed by atoms with Crippen LogP contribution in [0.15, 0.2) is 23.6 Å². The number of halogens is 1. The molecule has 0 amide bonds. The van der Waals surface area contributed by atoms with Crippen LogP contribution in [0, 0.1) is 6.92 Å². The number of methoxy groups -OCH3 is 1. The molecule has 0 aliphatic rings. The Morgan fingerprint density at radius 2 is 2.32 bits per heavy atom. The van der Waals surface area contributed by atoms with Gasteiger partial charge in [0, 0.05) is 28.1 Å². The fourth-order valence-electron chi connectivity index (χ4n) is 1.90. The van der Waals surface area contributed by atoms with Gasteiger partial charge < -0.3 is 4.74 Å². The molecule has 0 fully saturated rings. The predicted molar refractivity (Wildman–Crippen MR) is 78.6 cm³/mol. The van der Waals surface area contributed by atoms with Crippen LogP contribution in [0.5, 0.6) is 5.75 Å². The van der Waals surface area contributed by atoms with Crippen LogP contribution in [0.2, 0.25) is 5.02 Å². The van der Waals surface area contributed by atoms with Gasteiger partial charge in [-0.15, -0.1) is 11.3 Å². The van der Waals surface area contributed by atoms with Gasteiger partial charge in [-0.25, -0.2) is 4.98 Å². The van der Waals surface area contributed by atoms with Gasteiger partial charge in [-0.2, -0.15) is 0 Å². The van der Waals surface area contributed by atoms with E-state index >= 15 is 0 Å². The first-order chi connectivity index (χ1) is 9.13. The van der Waals surface area contributed by atoms with Crippen LogP contribution in [0.25, 0.3) is 0 Å². The number of aromatic nitrogens is 1. The number of nitrogens with two attached hydrogens (primary N) is 1. The Hall–Kier alpha value is -1.14. The standard InChI is InChI=1S/C13H16ClN3OS/c1-8-7-19-13(16-8)6-11(17-15)10-4-3-9(14)5-12(10)18-2/h3-5,7,11,17H,6,15H2,1-2H3. The monoisotopic (exact) mass is 297 g/mol. The molecule has 0 aliphatic carbocycles. The SMILES string of the molecule is COc1cc(Cl)ccc1C(Cc1nc(C)cs1)NN. The second kappa shape index (κ2) is 6.34.